The van der Waals surface area contributed by atoms with Crippen LogP contribution < -0.4 is 21.3 Å². The van der Waals surface area contributed by atoms with Gasteiger partial charge >= 0.3 is 6.03 Å². The van der Waals surface area contributed by atoms with Gasteiger partial charge in [-0.3, -0.25) is 15.0 Å². The predicted molar refractivity (Wildman–Crippen MR) is 167 cm³/mol. The maximum absolute atomic E-state index is 16.6. The summed E-state index contributed by atoms with van der Waals surface area (Å²) in [6, 6.07) is -0.860. The minimum absolute atomic E-state index is 0.0148. The summed E-state index contributed by atoms with van der Waals surface area (Å²) in [5.74, 6) is -0.263. The van der Waals surface area contributed by atoms with Crippen molar-refractivity contribution in [2.45, 2.75) is 108 Å². The van der Waals surface area contributed by atoms with E-state index in [0.717, 1.165) is 32.2 Å². The van der Waals surface area contributed by atoms with E-state index in [1.807, 2.05) is 11.1 Å². The Morgan fingerprint density at radius 1 is 1.11 bits per heavy atom. The highest BCUT2D eigenvalue weighted by Crippen LogP contribution is 2.44. The molecule has 1 aliphatic carbocycles. The molecule has 2 bridgehead atoms. The molecule has 0 aromatic heterocycles. The van der Waals surface area contributed by atoms with Crippen LogP contribution in [0.4, 0.5) is 13.6 Å². The Balaban J connectivity index is 1.39. The molecular weight excluding hydrogens is 564 g/mol. The molecule has 0 spiro atoms. The number of piperazine rings is 1. The van der Waals surface area contributed by atoms with Crippen LogP contribution in [0.3, 0.4) is 0 Å². The molecule has 0 radical (unpaired) electrons. The van der Waals surface area contributed by atoms with Crippen LogP contribution >= 0.6 is 0 Å². The molecule has 5 heterocycles. The molecule has 4 saturated heterocycles. The van der Waals surface area contributed by atoms with Gasteiger partial charge in [0.1, 0.15) is 12.3 Å². The van der Waals surface area contributed by atoms with E-state index in [0.29, 0.717) is 32.6 Å². The van der Waals surface area contributed by atoms with Crippen molar-refractivity contribution in [2.75, 3.05) is 32.7 Å². The van der Waals surface area contributed by atoms with Crippen molar-refractivity contribution in [3.8, 4) is 0 Å². The summed E-state index contributed by atoms with van der Waals surface area (Å²) in [6.07, 6.45) is 6.54. The molecule has 5 aliphatic heterocycles. The molecule has 4 N–H and O–H groups in total. The number of nitrogens with zero attached hydrogens (tertiary/aromatic N) is 3. The number of halogens is 2. The first-order chi connectivity index (χ1) is 21.2. The summed E-state index contributed by atoms with van der Waals surface area (Å²) >= 11 is 0. The van der Waals surface area contributed by atoms with Gasteiger partial charge in [0.25, 0.3) is 0 Å². The lowest BCUT2D eigenvalue weighted by Crippen LogP contribution is -2.80. The van der Waals surface area contributed by atoms with Gasteiger partial charge in [0.05, 0.1) is 18.4 Å². The molecule has 9 nitrogen and oxygen atoms in total. The van der Waals surface area contributed by atoms with Crippen LogP contribution in [-0.4, -0.2) is 108 Å². The number of carbonyl (C=O) groups excluding carboxylic acids is 2. The van der Waals surface area contributed by atoms with Crippen LogP contribution in [0.25, 0.3) is 0 Å². The van der Waals surface area contributed by atoms with Gasteiger partial charge in [0.15, 0.2) is 0 Å². The van der Waals surface area contributed by atoms with Crippen LogP contribution in [0.1, 0.15) is 59.3 Å². The first-order valence-corrected chi connectivity index (χ1v) is 17.1. The van der Waals surface area contributed by atoms with E-state index in [1.54, 1.807) is 4.90 Å². The maximum Gasteiger partial charge on any atom is 0.320 e. The fourth-order valence-corrected chi connectivity index (χ4v) is 9.56. The monoisotopic (exact) mass is 617 g/mol. The number of hydrogen-bond acceptors (Lipinski definition) is 6. The predicted octanol–water partition coefficient (Wildman–Crippen LogP) is 2.96. The Hall–Kier alpha value is -2.24. The van der Waals surface area contributed by atoms with Gasteiger partial charge < -0.3 is 25.8 Å². The summed E-state index contributed by atoms with van der Waals surface area (Å²) in [5.41, 5.74) is 0. The number of alkyl halides is 2. The second kappa shape index (κ2) is 13.2. The van der Waals surface area contributed by atoms with Crippen molar-refractivity contribution in [3.63, 3.8) is 0 Å². The zero-order valence-corrected chi connectivity index (χ0v) is 26.6. The third kappa shape index (κ3) is 5.88. The summed E-state index contributed by atoms with van der Waals surface area (Å²) in [7, 11) is 0. The lowest BCUT2D eigenvalue weighted by molar-refractivity contribution is -0.132. The highest BCUT2D eigenvalue weighted by atomic mass is 19.1. The first-order valence-electron chi connectivity index (χ1n) is 17.1. The number of urea groups is 1. The van der Waals surface area contributed by atoms with Gasteiger partial charge in [-0.25, -0.2) is 13.6 Å². The van der Waals surface area contributed by atoms with E-state index >= 15 is 8.78 Å². The largest absolute Gasteiger partial charge is 0.391 e. The summed E-state index contributed by atoms with van der Waals surface area (Å²) in [4.78, 5) is 32.9. The molecule has 12 atom stereocenters. The second-order valence-corrected chi connectivity index (χ2v) is 14.5. The number of carbonyl (C=O) groups is 2. The minimum Gasteiger partial charge on any atom is -0.391 e. The zero-order valence-electron chi connectivity index (χ0n) is 26.6. The van der Waals surface area contributed by atoms with Gasteiger partial charge in [-0.15, -0.1) is 0 Å². The van der Waals surface area contributed by atoms with E-state index < -0.39 is 30.5 Å². The van der Waals surface area contributed by atoms with Gasteiger partial charge in [-0.05, 0) is 75.6 Å². The summed E-state index contributed by atoms with van der Waals surface area (Å²) < 4.78 is 32.4. The Morgan fingerprint density at radius 3 is 2.68 bits per heavy atom. The number of fused-ring (bicyclic) bond motifs is 5. The Labute approximate surface area is 261 Å². The van der Waals surface area contributed by atoms with Gasteiger partial charge in [-0.2, -0.15) is 0 Å². The second-order valence-electron chi connectivity index (χ2n) is 14.5. The fraction of sp³-hybridized carbons (Fsp3) is 0.818. The number of piperidine rings is 2. The van der Waals surface area contributed by atoms with Crippen molar-refractivity contribution >= 4 is 11.9 Å². The van der Waals surface area contributed by atoms with E-state index in [9.17, 15) is 9.59 Å². The molecular formula is C33H53F2N7O2. The van der Waals surface area contributed by atoms with Gasteiger partial charge in [-0.1, -0.05) is 32.9 Å². The average Bonchev–Trinajstić information content (AvgIpc) is 3.01. The molecule has 5 fully saturated rings. The zero-order chi connectivity index (χ0) is 31.1. The van der Waals surface area contributed by atoms with Crippen molar-refractivity contribution in [1.29, 1.82) is 0 Å². The molecule has 11 heteroatoms. The number of hydrogen-bond donors (Lipinski definition) is 4. The van der Waals surface area contributed by atoms with Gasteiger partial charge in [0.2, 0.25) is 5.91 Å². The van der Waals surface area contributed by atoms with E-state index in [2.05, 4.69) is 59.6 Å². The molecule has 0 aromatic rings. The number of rotatable bonds is 3. The molecule has 1 saturated carbocycles. The van der Waals surface area contributed by atoms with E-state index in [1.165, 1.54) is 6.08 Å². The molecule has 3 amide bonds. The van der Waals surface area contributed by atoms with Crippen LogP contribution in [0.15, 0.2) is 24.9 Å². The highest BCUT2D eigenvalue weighted by molar-refractivity contribution is 5.87. The quantitative estimate of drug-likeness (QED) is 0.364. The fourth-order valence-electron chi connectivity index (χ4n) is 9.56. The van der Waals surface area contributed by atoms with Gasteiger partial charge in [0, 0.05) is 56.1 Å². The first kappa shape index (κ1) is 31.7. The number of nitrogens with one attached hydrogen (secondary N) is 4. The third-order valence-electron chi connectivity index (χ3n) is 11.7. The molecule has 0 aromatic carbocycles. The smallest absolute Gasteiger partial charge is 0.320 e. The van der Waals surface area contributed by atoms with Crippen molar-refractivity contribution < 1.29 is 18.4 Å². The highest BCUT2D eigenvalue weighted by Gasteiger charge is 2.57. The lowest BCUT2D eigenvalue weighted by atomic mass is 9.69. The van der Waals surface area contributed by atoms with Crippen LogP contribution in [-0.2, 0) is 4.79 Å². The normalized spacial score (nSPS) is 44.1. The van der Waals surface area contributed by atoms with E-state index in [-0.39, 0.29) is 66.3 Å². The Morgan fingerprint density at radius 2 is 1.93 bits per heavy atom. The number of allylic oxidation sites excluding steroid dienone is 1. The van der Waals surface area contributed by atoms with Crippen LogP contribution in [0, 0.1) is 29.6 Å². The standard InChI is InChI=1S/C33H53F2N7O2/c1-5-26(43)40-14-15-41(20(4)18-40)31-23-16-25(35)29-27-22(8-6-10-24(27)34)17-36-12-7-9-21-11-13-37-28(19(2)3)30(21)42(32(23)38-29)33(44)39-31/h5,7,12,19-25,27-32,36-38H,1,6,8-11,13-18H2,2-4H3,(H,39,44)/b12-7+/t20-,21?,22?,23?,24?,25?,27?,28?,29?,30?,31?,32?/m0/s1. The maximum atomic E-state index is 16.6. The third-order valence-corrected chi connectivity index (χ3v) is 11.7. The Kier molecular flexibility index (Phi) is 9.55. The summed E-state index contributed by atoms with van der Waals surface area (Å²) in [6.45, 7) is 13.2. The summed E-state index contributed by atoms with van der Waals surface area (Å²) in [5, 5.41) is 14.2. The Bertz CT molecular complexity index is 1090. The molecule has 11 unspecified atom stereocenters. The van der Waals surface area contributed by atoms with Crippen LogP contribution in [0.2, 0.25) is 0 Å². The van der Waals surface area contributed by atoms with Crippen LogP contribution in [0.5, 0.6) is 0 Å². The SMILES string of the molecule is C=CC(=O)N1CCN(C2NC(=O)N3C4NC(C(F)CC42)C2C(F)CCCC2CN/C=C/CC2CCNC(C(C)C)C23)[C@@H](C)C1. The average molecular weight is 618 g/mol. The molecule has 246 valence electrons. The number of amides is 3. The minimum atomic E-state index is -1.24. The molecule has 6 rings (SSSR count). The molecule has 44 heavy (non-hydrogen) atoms. The van der Waals surface area contributed by atoms with Crippen molar-refractivity contribution in [3.05, 3.63) is 24.9 Å². The topological polar surface area (TPSA) is 92.0 Å². The molecule has 6 aliphatic rings. The lowest BCUT2D eigenvalue weighted by Gasteiger charge is -2.60. The van der Waals surface area contributed by atoms with E-state index in [4.69, 9.17) is 0 Å². The van der Waals surface area contributed by atoms with Crippen molar-refractivity contribution in [1.82, 2.24) is 36.0 Å². The van der Waals surface area contributed by atoms with Crippen molar-refractivity contribution in [2.24, 2.45) is 29.6 Å².